The summed E-state index contributed by atoms with van der Waals surface area (Å²) < 4.78 is 10.8. The second-order valence-electron chi connectivity index (χ2n) is 6.70. The minimum absolute atomic E-state index is 0.0954. The smallest absolute Gasteiger partial charge is 0.276 e. The molecule has 0 bridgehead atoms. The van der Waals surface area contributed by atoms with Crippen LogP contribution in [0, 0.1) is 6.92 Å². The summed E-state index contributed by atoms with van der Waals surface area (Å²) in [5.74, 6) is 0.514. The Balaban J connectivity index is 1.76. The molecule has 0 radical (unpaired) electrons. The van der Waals surface area contributed by atoms with E-state index in [9.17, 15) is 4.79 Å². The van der Waals surface area contributed by atoms with Crippen molar-refractivity contribution in [3.63, 3.8) is 0 Å². The van der Waals surface area contributed by atoms with Crippen LogP contribution in [0.25, 0.3) is 0 Å². The lowest BCUT2D eigenvalue weighted by molar-refractivity contribution is 0.0499. The summed E-state index contributed by atoms with van der Waals surface area (Å²) in [6, 6.07) is 9.91. The molecule has 1 aliphatic heterocycles. The van der Waals surface area contributed by atoms with Crippen LogP contribution in [0.2, 0.25) is 0 Å². The highest BCUT2D eigenvalue weighted by Crippen LogP contribution is 2.19. The number of aromatic nitrogens is 1. The minimum Gasteiger partial charge on any atom is -0.378 e. The second-order valence-corrected chi connectivity index (χ2v) is 6.70. The van der Waals surface area contributed by atoms with E-state index in [0.29, 0.717) is 24.5 Å². The Morgan fingerprint density at radius 1 is 1.28 bits per heavy atom. The first-order valence-corrected chi connectivity index (χ1v) is 8.63. The van der Waals surface area contributed by atoms with E-state index >= 15 is 0 Å². The van der Waals surface area contributed by atoms with Crippen LogP contribution in [-0.4, -0.2) is 49.3 Å². The Morgan fingerprint density at radius 3 is 2.60 bits per heavy atom. The highest BCUT2D eigenvalue weighted by Gasteiger charge is 2.25. The van der Waals surface area contributed by atoms with Gasteiger partial charge >= 0.3 is 0 Å². The van der Waals surface area contributed by atoms with Gasteiger partial charge in [0.15, 0.2) is 5.69 Å². The number of anilines is 1. The van der Waals surface area contributed by atoms with Crippen LogP contribution in [0.3, 0.4) is 0 Å². The number of ether oxygens (including phenoxy) is 1. The predicted molar refractivity (Wildman–Crippen MR) is 95.7 cm³/mol. The Labute approximate surface area is 148 Å². The molecule has 1 amide bonds. The molecule has 6 nitrogen and oxygen atoms in total. The molecule has 0 saturated carbocycles. The Morgan fingerprint density at radius 2 is 2.04 bits per heavy atom. The third-order valence-corrected chi connectivity index (χ3v) is 4.41. The van der Waals surface area contributed by atoms with Gasteiger partial charge in [0, 0.05) is 45.5 Å². The van der Waals surface area contributed by atoms with Crippen molar-refractivity contribution in [2.75, 3.05) is 32.1 Å². The first-order chi connectivity index (χ1) is 12.0. The molecule has 0 spiro atoms. The third-order valence-electron chi connectivity index (χ3n) is 4.41. The van der Waals surface area contributed by atoms with E-state index in [1.54, 1.807) is 17.9 Å². The number of hydrogen-bond acceptors (Lipinski definition) is 5. The van der Waals surface area contributed by atoms with E-state index < -0.39 is 0 Å². The van der Waals surface area contributed by atoms with Crippen LogP contribution in [0.4, 0.5) is 5.69 Å². The SMILES string of the molecule is Cc1cc(C(=O)N(Cc2ccc(N(C)C)cc2)C[C@H]2CCCO2)no1. The number of amides is 1. The molecule has 6 heteroatoms. The average molecular weight is 343 g/mol. The average Bonchev–Trinajstić information content (AvgIpc) is 3.26. The predicted octanol–water partition coefficient (Wildman–Crippen LogP) is 2.87. The monoisotopic (exact) mass is 343 g/mol. The third kappa shape index (κ3) is 4.39. The number of carbonyl (C=O) groups excluding carboxylic acids is 1. The lowest BCUT2D eigenvalue weighted by atomic mass is 10.1. The highest BCUT2D eigenvalue weighted by molar-refractivity contribution is 5.92. The van der Waals surface area contributed by atoms with Gasteiger partial charge in [-0.2, -0.15) is 0 Å². The van der Waals surface area contributed by atoms with E-state index in [2.05, 4.69) is 34.3 Å². The summed E-state index contributed by atoms with van der Waals surface area (Å²) in [5.41, 5.74) is 2.56. The molecule has 1 aromatic heterocycles. The number of hydrogen-bond donors (Lipinski definition) is 0. The molecule has 1 fully saturated rings. The van der Waals surface area contributed by atoms with Crippen LogP contribution in [0.15, 0.2) is 34.9 Å². The lowest BCUT2D eigenvalue weighted by Gasteiger charge is -2.25. The van der Waals surface area contributed by atoms with Crippen molar-refractivity contribution < 1.29 is 14.1 Å². The Kier molecular flexibility index (Phi) is 5.38. The molecule has 0 unspecified atom stereocenters. The van der Waals surface area contributed by atoms with Gasteiger partial charge in [0.2, 0.25) is 0 Å². The number of benzene rings is 1. The van der Waals surface area contributed by atoms with Gasteiger partial charge in [-0.05, 0) is 37.5 Å². The Bertz CT molecular complexity index is 703. The van der Waals surface area contributed by atoms with Crippen molar-refractivity contribution in [3.05, 3.63) is 47.3 Å². The molecule has 2 heterocycles. The van der Waals surface area contributed by atoms with E-state index in [-0.39, 0.29) is 12.0 Å². The molecular formula is C19H25N3O3. The fourth-order valence-electron chi connectivity index (χ4n) is 3.00. The maximum atomic E-state index is 12.9. The molecule has 0 N–H and O–H groups in total. The largest absolute Gasteiger partial charge is 0.378 e. The van der Waals surface area contributed by atoms with Gasteiger partial charge in [-0.15, -0.1) is 0 Å². The van der Waals surface area contributed by atoms with Crippen molar-refractivity contribution in [1.29, 1.82) is 0 Å². The molecular weight excluding hydrogens is 318 g/mol. The zero-order valence-electron chi connectivity index (χ0n) is 15.1. The van der Waals surface area contributed by atoms with Gasteiger partial charge in [0.05, 0.1) is 6.10 Å². The molecule has 1 saturated heterocycles. The summed E-state index contributed by atoms with van der Waals surface area (Å²) >= 11 is 0. The number of carbonyl (C=O) groups is 1. The number of aryl methyl sites for hydroxylation is 1. The summed E-state index contributed by atoms with van der Waals surface area (Å²) in [5, 5.41) is 3.88. The zero-order chi connectivity index (χ0) is 17.8. The van der Waals surface area contributed by atoms with Gasteiger partial charge in [0.25, 0.3) is 5.91 Å². The fraction of sp³-hybridized carbons (Fsp3) is 0.474. The maximum absolute atomic E-state index is 12.9. The molecule has 1 aliphatic rings. The van der Waals surface area contributed by atoms with Crippen molar-refractivity contribution in [2.45, 2.75) is 32.4 Å². The van der Waals surface area contributed by atoms with Crippen molar-refractivity contribution in [2.24, 2.45) is 0 Å². The van der Waals surface area contributed by atoms with Crippen LogP contribution in [0.5, 0.6) is 0 Å². The second kappa shape index (κ2) is 7.70. The molecule has 3 rings (SSSR count). The highest BCUT2D eigenvalue weighted by atomic mass is 16.5. The van der Waals surface area contributed by atoms with Crippen molar-refractivity contribution >= 4 is 11.6 Å². The molecule has 25 heavy (non-hydrogen) atoms. The van der Waals surface area contributed by atoms with Crippen LogP contribution in [-0.2, 0) is 11.3 Å². The molecule has 134 valence electrons. The van der Waals surface area contributed by atoms with E-state index in [0.717, 1.165) is 30.7 Å². The van der Waals surface area contributed by atoms with Crippen molar-refractivity contribution in [3.8, 4) is 0 Å². The first kappa shape index (κ1) is 17.5. The van der Waals surface area contributed by atoms with Crippen LogP contribution in [0.1, 0.15) is 34.7 Å². The quantitative estimate of drug-likeness (QED) is 0.807. The number of nitrogens with zero attached hydrogens (tertiary/aromatic N) is 3. The summed E-state index contributed by atoms with van der Waals surface area (Å²) in [6.07, 6.45) is 2.13. The summed E-state index contributed by atoms with van der Waals surface area (Å²) in [7, 11) is 4.02. The van der Waals surface area contributed by atoms with Crippen molar-refractivity contribution in [1.82, 2.24) is 10.1 Å². The van der Waals surface area contributed by atoms with Gasteiger partial charge in [0.1, 0.15) is 5.76 Å². The maximum Gasteiger partial charge on any atom is 0.276 e. The van der Waals surface area contributed by atoms with E-state index in [4.69, 9.17) is 9.26 Å². The lowest BCUT2D eigenvalue weighted by Crippen LogP contribution is -2.37. The minimum atomic E-state index is -0.121. The topological polar surface area (TPSA) is 58.8 Å². The Hall–Kier alpha value is -2.34. The molecule has 1 aromatic carbocycles. The first-order valence-electron chi connectivity index (χ1n) is 8.63. The van der Waals surface area contributed by atoms with E-state index in [1.807, 2.05) is 14.1 Å². The van der Waals surface area contributed by atoms with E-state index in [1.165, 1.54) is 0 Å². The van der Waals surface area contributed by atoms with Crippen LogP contribution < -0.4 is 4.90 Å². The van der Waals surface area contributed by atoms with Gasteiger partial charge in [-0.3, -0.25) is 4.79 Å². The molecule has 0 aliphatic carbocycles. The molecule has 1 atom stereocenters. The summed E-state index contributed by atoms with van der Waals surface area (Å²) in [4.78, 5) is 16.7. The molecule has 2 aromatic rings. The van der Waals surface area contributed by atoms with Gasteiger partial charge < -0.3 is 19.1 Å². The fourth-order valence-corrected chi connectivity index (χ4v) is 3.00. The standard InChI is InChI=1S/C19H25N3O3/c1-14-11-18(20-25-14)19(23)22(13-17-5-4-10-24-17)12-15-6-8-16(9-7-15)21(2)3/h6-9,11,17H,4-5,10,12-13H2,1-3H3/t17-/m1/s1. The summed E-state index contributed by atoms with van der Waals surface area (Å²) in [6.45, 7) is 3.65. The van der Waals surface area contributed by atoms with Gasteiger partial charge in [-0.25, -0.2) is 0 Å². The zero-order valence-corrected chi connectivity index (χ0v) is 15.1. The number of rotatable bonds is 6. The normalized spacial score (nSPS) is 16.8. The van der Waals surface area contributed by atoms with Gasteiger partial charge in [-0.1, -0.05) is 17.3 Å². The van der Waals surface area contributed by atoms with Crippen LogP contribution >= 0.6 is 0 Å².